The van der Waals surface area contributed by atoms with Gasteiger partial charge >= 0.3 is 0 Å². The molecule has 0 aliphatic carbocycles. The van der Waals surface area contributed by atoms with Crippen LogP contribution >= 0.6 is 0 Å². The lowest BCUT2D eigenvalue weighted by Gasteiger charge is -2.15. The molecule has 25 heavy (non-hydrogen) atoms. The van der Waals surface area contributed by atoms with Crippen LogP contribution in [0.25, 0.3) is 16.8 Å². The van der Waals surface area contributed by atoms with Crippen LogP contribution in [0.2, 0.25) is 0 Å². The highest BCUT2D eigenvalue weighted by Gasteiger charge is 2.42. The number of phenols is 1. The lowest BCUT2D eigenvalue weighted by Crippen LogP contribution is -2.26. The summed E-state index contributed by atoms with van der Waals surface area (Å²) in [5.41, 5.74) is 4.97. The smallest absolute Gasteiger partial charge is 0.209 e. The molecule has 0 saturated heterocycles. The second kappa shape index (κ2) is 5.59. The van der Waals surface area contributed by atoms with Crippen molar-refractivity contribution in [3.63, 3.8) is 0 Å². The third-order valence-electron chi connectivity index (χ3n) is 5.30. The van der Waals surface area contributed by atoms with Gasteiger partial charge in [0.05, 0.1) is 5.41 Å². The SMILES string of the molecule is C[N+]1=C(C=Cc2ccc(O)c3ccccc23)C(C)(C)c2ccccc21. The van der Waals surface area contributed by atoms with Gasteiger partial charge in [0.15, 0.2) is 5.71 Å². The van der Waals surface area contributed by atoms with Crippen LogP contribution in [0, 0.1) is 0 Å². The molecule has 0 radical (unpaired) electrons. The minimum Gasteiger partial charge on any atom is -0.507 e. The highest BCUT2D eigenvalue weighted by atomic mass is 16.3. The molecule has 3 aromatic carbocycles. The number of hydrogen-bond donors (Lipinski definition) is 1. The van der Waals surface area contributed by atoms with Gasteiger partial charge in [-0.3, -0.25) is 0 Å². The molecular weight excluding hydrogens is 306 g/mol. The second-order valence-electron chi connectivity index (χ2n) is 7.14. The maximum atomic E-state index is 10.1. The molecule has 2 heteroatoms. The summed E-state index contributed by atoms with van der Waals surface area (Å²) >= 11 is 0. The molecule has 0 bridgehead atoms. The van der Waals surface area contributed by atoms with Gasteiger partial charge in [-0.2, -0.15) is 4.58 Å². The maximum Gasteiger partial charge on any atom is 0.209 e. The molecule has 0 aromatic heterocycles. The van der Waals surface area contributed by atoms with Crippen molar-refractivity contribution in [2.45, 2.75) is 19.3 Å². The van der Waals surface area contributed by atoms with E-state index in [4.69, 9.17) is 0 Å². The fourth-order valence-electron chi connectivity index (χ4n) is 3.92. The Balaban J connectivity index is 1.82. The predicted octanol–water partition coefficient (Wildman–Crippen LogP) is 5.26. The molecule has 1 aliphatic rings. The molecule has 0 unspecified atom stereocenters. The molecule has 0 saturated carbocycles. The number of rotatable bonds is 2. The number of fused-ring (bicyclic) bond motifs is 2. The first-order chi connectivity index (χ1) is 12.0. The van der Waals surface area contributed by atoms with Crippen LogP contribution in [0.1, 0.15) is 25.0 Å². The van der Waals surface area contributed by atoms with E-state index in [0.717, 1.165) is 16.3 Å². The number of benzene rings is 3. The molecule has 0 atom stereocenters. The normalized spacial score (nSPS) is 16.0. The van der Waals surface area contributed by atoms with Crippen LogP contribution in [-0.4, -0.2) is 22.4 Å². The zero-order valence-corrected chi connectivity index (χ0v) is 14.8. The van der Waals surface area contributed by atoms with E-state index in [-0.39, 0.29) is 5.41 Å². The van der Waals surface area contributed by atoms with Gasteiger partial charge in [0.2, 0.25) is 5.69 Å². The highest BCUT2D eigenvalue weighted by molar-refractivity contribution is 6.06. The van der Waals surface area contributed by atoms with E-state index in [1.54, 1.807) is 6.07 Å². The van der Waals surface area contributed by atoms with E-state index < -0.39 is 0 Å². The summed E-state index contributed by atoms with van der Waals surface area (Å²) in [6, 6.07) is 20.3. The first-order valence-corrected chi connectivity index (χ1v) is 8.59. The van der Waals surface area contributed by atoms with E-state index in [9.17, 15) is 5.11 Å². The average Bonchev–Trinajstić information content (AvgIpc) is 2.82. The van der Waals surface area contributed by atoms with Crippen molar-refractivity contribution >= 4 is 28.2 Å². The molecular formula is C23H22NO+. The molecule has 4 rings (SSSR count). The van der Waals surface area contributed by atoms with Gasteiger partial charge in [-0.25, -0.2) is 0 Å². The van der Waals surface area contributed by atoms with Crippen molar-refractivity contribution in [3.05, 3.63) is 77.9 Å². The molecule has 1 aliphatic heterocycles. The summed E-state index contributed by atoms with van der Waals surface area (Å²) in [5, 5.41) is 12.0. The van der Waals surface area contributed by atoms with Crippen molar-refractivity contribution in [3.8, 4) is 5.75 Å². The number of nitrogens with zero attached hydrogens (tertiary/aromatic N) is 1. The topological polar surface area (TPSA) is 23.2 Å². The number of allylic oxidation sites excluding steroid dienone is 1. The quantitative estimate of drug-likeness (QED) is 0.637. The van der Waals surface area contributed by atoms with Crippen molar-refractivity contribution in [2.75, 3.05) is 7.05 Å². The largest absolute Gasteiger partial charge is 0.507 e. The fraction of sp³-hybridized carbons (Fsp3) is 0.174. The average molecular weight is 328 g/mol. The van der Waals surface area contributed by atoms with Gasteiger partial charge in [0.1, 0.15) is 12.8 Å². The van der Waals surface area contributed by atoms with E-state index >= 15 is 0 Å². The summed E-state index contributed by atoms with van der Waals surface area (Å²) in [4.78, 5) is 0. The van der Waals surface area contributed by atoms with Crippen LogP contribution in [-0.2, 0) is 5.41 Å². The van der Waals surface area contributed by atoms with E-state index in [2.05, 4.69) is 68.0 Å². The summed E-state index contributed by atoms with van der Waals surface area (Å²) in [7, 11) is 2.13. The van der Waals surface area contributed by atoms with E-state index in [1.807, 2.05) is 24.3 Å². The van der Waals surface area contributed by atoms with Gasteiger partial charge in [-0.1, -0.05) is 48.5 Å². The van der Waals surface area contributed by atoms with Crippen LogP contribution in [0.15, 0.2) is 66.7 Å². The molecule has 0 amide bonds. The first-order valence-electron chi connectivity index (χ1n) is 8.59. The van der Waals surface area contributed by atoms with Crippen molar-refractivity contribution in [1.82, 2.24) is 0 Å². The van der Waals surface area contributed by atoms with Gasteiger partial charge < -0.3 is 5.11 Å². The van der Waals surface area contributed by atoms with Crippen LogP contribution in [0.5, 0.6) is 5.75 Å². The number of para-hydroxylation sites is 1. The Morgan fingerprint density at radius 3 is 2.28 bits per heavy atom. The Labute approximate surface area is 148 Å². The summed E-state index contributed by atoms with van der Waals surface area (Å²) in [5.74, 6) is 0.325. The minimum atomic E-state index is -0.0332. The standard InChI is InChI=1S/C23H21NO/c1-23(2)19-10-6-7-11-20(19)24(3)22(23)15-13-16-12-14-21(25)18-9-5-4-8-17(16)18/h4-15H,1-3H3/p+1. The van der Waals surface area contributed by atoms with Crippen molar-refractivity contribution < 1.29 is 9.68 Å². The van der Waals surface area contributed by atoms with Crippen molar-refractivity contribution in [2.24, 2.45) is 0 Å². The third kappa shape index (κ3) is 2.37. The first kappa shape index (κ1) is 15.6. The molecule has 0 fully saturated rings. The summed E-state index contributed by atoms with van der Waals surface area (Å²) < 4.78 is 2.27. The second-order valence-corrected chi connectivity index (χ2v) is 7.14. The van der Waals surface area contributed by atoms with Crippen LogP contribution in [0.4, 0.5) is 5.69 Å². The lowest BCUT2D eigenvalue weighted by atomic mass is 9.81. The molecule has 0 spiro atoms. The Kier molecular flexibility index (Phi) is 3.50. The van der Waals surface area contributed by atoms with Gasteiger partial charge in [-0.15, -0.1) is 0 Å². The maximum absolute atomic E-state index is 10.1. The molecule has 3 aromatic rings. The lowest BCUT2D eigenvalue weighted by molar-refractivity contribution is -0.401. The molecule has 2 nitrogen and oxygen atoms in total. The Hall–Kier alpha value is -2.87. The minimum absolute atomic E-state index is 0.0332. The zero-order chi connectivity index (χ0) is 17.6. The van der Waals surface area contributed by atoms with Gasteiger partial charge in [-0.05, 0) is 36.9 Å². The molecule has 1 heterocycles. The van der Waals surface area contributed by atoms with Crippen LogP contribution in [0.3, 0.4) is 0 Å². The van der Waals surface area contributed by atoms with Crippen molar-refractivity contribution in [1.29, 1.82) is 0 Å². The summed E-state index contributed by atoms with van der Waals surface area (Å²) in [6.45, 7) is 4.54. The Morgan fingerprint density at radius 2 is 1.52 bits per heavy atom. The Morgan fingerprint density at radius 1 is 0.840 bits per heavy atom. The van der Waals surface area contributed by atoms with E-state index in [0.29, 0.717) is 5.75 Å². The predicted molar refractivity (Wildman–Crippen MR) is 105 cm³/mol. The van der Waals surface area contributed by atoms with Gasteiger partial charge in [0.25, 0.3) is 0 Å². The summed E-state index contributed by atoms with van der Waals surface area (Å²) in [6.07, 6.45) is 4.36. The molecule has 124 valence electrons. The zero-order valence-electron chi connectivity index (χ0n) is 14.8. The highest BCUT2D eigenvalue weighted by Crippen LogP contribution is 2.39. The third-order valence-corrected chi connectivity index (χ3v) is 5.30. The molecule has 1 N–H and O–H groups in total. The Bertz CT molecular complexity index is 1040. The van der Waals surface area contributed by atoms with E-state index in [1.165, 1.54) is 17.0 Å². The number of hydrogen-bond acceptors (Lipinski definition) is 1. The fourth-order valence-corrected chi connectivity index (χ4v) is 3.92. The van der Waals surface area contributed by atoms with Gasteiger partial charge in [0, 0.05) is 23.1 Å². The number of aromatic hydroxyl groups is 1. The monoisotopic (exact) mass is 328 g/mol. The number of phenolic OH excluding ortho intramolecular Hbond substituents is 1. The van der Waals surface area contributed by atoms with Crippen LogP contribution < -0.4 is 0 Å².